The van der Waals surface area contributed by atoms with Crippen molar-refractivity contribution in [1.29, 1.82) is 0 Å². The Labute approximate surface area is 86.2 Å². The number of carbonyl (C=O) groups is 1. The minimum Gasteiger partial charge on any atom is -0.273 e. The molecule has 2 aliphatic carbocycles. The van der Waals surface area contributed by atoms with Crippen molar-refractivity contribution in [1.82, 2.24) is 5.73 Å². The summed E-state index contributed by atoms with van der Waals surface area (Å²) < 4.78 is 0. The zero-order valence-corrected chi connectivity index (χ0v) is 8.80. The number of hydrogen-bond donors (Lipinski definition) is 0. The van der Waals surface area contributed by atoms with Crippen LogP contribution in [0.15, 0.2) is 0 Å². The molecule has 1 amide bonds. The van der Waals surface area contributed by atoms with Gasteiger partial charge in [0.1, 0.15) is 0 Å². The molecule has 2 fully saturated rings. The lowest BCUT2D eigenvalue weighted by molar-refractivity contribution is -0.126. The highest BCUT2D eigenvalue weighted by atomic mass is 16.1. The van der Waals surface area contributed by atoms with Gasteiger partial charge in [0, 0.05) is 5.92 Å². The van der Waals surface area contributed by atoms with Gasteiger partial charge in [-0.25, -0.2) is 0 Å². The summed E-state index contributed by atoms with van der Waals surface area (Å²) in [5.74, 6) is 0.940. The maximum Gasteiger partial charge on any atom is 0.242 e. The number of amides is 1. The van der Waals surface area contributed by atoms with Gasteiger partial charge in [-0.1, -0.05) is 25.7 Å². The topological polar surface area (TPSA) is 40.9 Å². The molecular weight excluding hydrogens is 174 g/mol. The minimum absolute atomic E-state index is 0.0972. The first kappa shape index (κ1) is 10.0. The van der Waals surface area contributed by atoms with E-state index in [0.29, 0.717) is 11.8 Å². The lowest BCUT2D eigenvalue weighted by atomic mass is 9.79. The maximum absolute atomic E-state index is 11.4. The van der Waals surface area contributed by atoms with Crippen LogP contribution in [0.25, 0.3) is 0 Å². The number of hydrogen-bond acceptors (Lipinski definition) is 1. The zero-order chi connectivity index (χ0) is 9.97. The van der Waals surface area contributed by atoms with Gasteiger partial charge in [-0.3, -0.25) is 10.5 Å². The Morgan fingerprint density at radius 3 is 1.57 bits per heavy atom. The van der Waals surface area contributed by atoms with E-state index in [1.165, 1.54) is 51.4 Å². The molecule has 1 N–H and O–H groups in total. The van der Waals surface area contributed by atoms with Gasteiger partial charge in [0.2, 0.25) is 5.91 Å². The molecular formula is C12H20NO. The first-order valence-electron chi connectivity index (χ1n) is 6.04. The molecule has 0 spiro atoms. The monoisotopic (exact) mass is 194 g/mol. The maximum atomic E-state index is 11.4. The van der Waals surface area contributed by atoms with E-state index in [2.05, 4.69) is 0 Å². The Hall–Kier alpha value is -0.530. The zero-order valence-electron chi connectivity index (χ0n) is 8.80. The van der Waals surface area contributed by atoms with Crippen LogP contribution in [0.2, 0.25) is 0 Å². The summed E-state index contributed by atoms with van der Waals surface area (Å²) in [4.78, 5) is 11.4. The van der Waals surface area contributed by atoms with Gasteiger partial charge >= 0.3 is 0 Å². The SMILES string of the molecule is [NH]C(=O)C(C1CCCC1)C1CCCC1. The van der Waals surface area contributed by atoms with Crippen LogP contribution in [0, 0.1) is 17.8 Å². The van der Waals surface area contributed by atoms with Crippen LogP contribution in [-0.4, -0.2) is 5.91 Å². The molecule has 0 bridgehead atoms. The van der Waals surface area contributed by atoms with Crippen molar-refractivity contribution in [2.24, 2.45) is 17.8 Å². The quantitative estimate of drug-likeness (QED) is 0.681. The van der Waals surface area contributed by atoms with Crippen molar-refractivity contribution in [3.63, 3.8) is 0 Å². The second-order valence-electron chi connectivity index (χ2n) is 4.98. The number of carbonyl (C=O) groups excluding carboxylic acids is 1. The molecule has 2 nitrogen and oxygen atoms in total. The number of rotatable bonds is 3. The number of nitrogens with one attached hydrogen (secondary N) is 1. The highest BCUT2D eigenvalue weighted by Crippen LogP contribution is 2.41. The normalized spacial score (nSPS) is 24.9. The van der Waals surface area contributed by atoms with Crippen LogP contribution in [0.5, 0.6) is 0 Å². The van der Waals surface area contributed by atoms with Crippen LogP contribution in [0.4, 0.5) is 0 Å². The van der Waals surface area contributed by atoms with E-state index in [9.17, 15) is 4.79 Å². The summed E-state index contributed by atoms with van der Waals surface area (Å²) in [6.45, 7) is 0. The van der Waals surface area contributed by atoms with Gasteiger partial charge < -0.3 is 0 Å². The van der Waals surface area contributed by atoms with Crippen molar-refractivity contribution >= 4 is 5.91 Å². The molecule has 2 heteroatoms. The molecule has 0 heterocycles. The molecule has 2 aliphatic rings. The average Bonchev–Trinajstić information content (AvgIpc) is 2.75. The van der Waals surface area contributed by atoms with Crippen LogP contribution >= 0.6 is 0 Å². The molecule has 0 aliphatic heterocycles. The fraction of sp³-hybridized carbons (Fsp3) is 0.917. The van der Waals surface area contributed by atoms with Crippen molar-refractivity contribution in [2.45, 2.75) is 51.4 Å². The van der Waals surface area contributed by atoms with E-state index < -0.39 is 0 Å². The fourth-order valence-corrected chi connectivity index (χ4v) is 3.45. The first-order chi connectivity index (χ1) is 6.79. The molecule has 0 aromatic heterocycles. The fourth-order valence-electron chi connectivity index (χ4n) is 3.45. The van der Waals surface area contributed by atoms with E-state index in [-0.39, 0.29) is 11.8 Å². The highest BCUT2D eigenvalue weighted by molar-refractivity contribution is 5.76. The summed E-state index contributed by atoms with van der Waals surface area (Å²) in [7, 11) is 0. The predicted molar refractivity (Wildman–Crippen MR) is 55.5 cm³/mol. The summed E-state index contributed by atoms with van der Waals surface area (Å²) in [5.41, 5.74) is 7.43. The molecule has 2 rings (SSSR count). The molecule has 79 valence electrons. The molecule has 0 atom stereocenters. The van der Waals surface area contributed by atoms with Crippen LogP contribution in [-0.2, 0) is 4.79 Å². The van der Waals surface area contributed by atoms with Crippen LogP contribution in [0.3, 0.4) is 0 Å². The van der Waals surface area contributed by atoms with Crippen molar-refractivity contribution < 1.29 is 4.79 Å². The largest absolute Gasteiger partial charge is 0.273 e. The minimum atomic E-state index is -0.274. The van der Waals surface area contributed by atoms with Gasteiger partial charge in [0.25, 0.3) is 0 Å². The molecule has 0 unspecified atom stereocenters. The van der Waals surface area contributed by atoms with Gasteiger partial charge in [0.05, 0.1) is 0 Å². The lowest BCUT2D eigenvalue weighted by Crippen LogP contribution is -2.29. The second kappa shape index (κ2) is 4.33. The third kappa shape index (κ3) is 1.94. The van der Waals surface area contributed by atoms with Gasteiger partial charge in [-0.2, -0.15) is 0 Å². The van der Waals surface area contributed by atoms with Crippen LogP contribution < -0.4 is 5.73 Å². The Morgan fingerprint density at radius 2 is 1.29 bits per heavy atom. The Morgan fingerprint density at radius 1 is 0.929 bits per heavy atom. The Kier molecular flexibility index (Phi) is 3.09. The molecule has 0 saturated heterocycles. The van der Waals surface area contributed by atoms with Crippen molar-refractivity contribution in [2.75, 3.05) is 0 Å². The highest BCUT2D eigenvalue weighted by Gasteiger charge is 2.36. The van der Waals surface area contributed by atoms with Crippen LogP contribution in [0.1, 0.15) is 51.4 Å². The van der Waals surface area contributed by atoms with Gasteiger partial charge in [-0.15, -0.1) is 0 Å². The molecule has 0 aromatic carbocycles. The molecule has 1 radical (unpaired) electrons. The third-order valence-corrected chi connectivity index (χ3v) is 4.12. The van der Waals surface area contributed by atoms with Gasteiger partial charge in [0.15, 0.2) is 0 Å². The Bertz CT molecular complexity index is 186. The predicted octanol–water partition coefficient (Wildman–Crippen LogP) is 2.79. The second-order valence-corrected chi connectivity index (χ2v) is 4.98. The average molecular weight is 194 g/mol. The van der Waals surface area contributed by atoms with E-state index in [1.54, 1.807) is 0 Å². The summed E-state index contributed by atoms with van der Waals surface area (Å²) in [5, 5.41) is 0. The molecule has 0 aromatic rings. The van der Waals surface area contributed by atoms with E-state index >= 15 is 0 Å². The van der Waals surface area contributed by atoms with Crippen molar-refractivity contribution in [3.05, 3.63) is 0 Å². The smallest absolute Gasteiger partial charge is 0.242 e. The summed E-state index contributed by atoms with van der Waals surface area (Å²) in [6.07, 6.45) is 9.92. The Balaban J connectivity index is 2.02. The molecule has 2 saturated carbocycles. The standard InChI is InChI=1S/C12H20NO/c13-12(14)11(9-5-1-2-6-9)10-7-3-4-8-10/h9-11,13H,1-8H2. The van der Waals surface area contributed by atoms with E-state index in [0.717, 1.165) is 0 Å². The van der Waals surface area contributed by atoms with E-state index in [4.69, 9.17) is 5.73 Å². The van der Waals surface area contributed by atoms with Crippen molar-refractivity contribution in [3.8, 4) is 0 Å². The first-order valence-corrected chi connectivity index (χ1v) is 6.04. The summed E-state index contributed by atoms with van der Waals surface area (Å²) >= 11 is 0. The van der Waals surface area contributed by atoms with E-state index in [1.807, 2.05) is 0 Å². The third-order valence-electron chi connectivity index (χ3n) is 4.12. The lowest BCUT2D eigenvalue weighted by Gasteiger charge is -2.25. The summed E-state index contributed by atoms with van der Waals surface area (Å²) in [6, 6.07) is 0. The molecule has 14 heavy (non-hydrogen) atoms. The van der Waals surface area contributed by atoms with Gasteiger partial charge in [-0.05, 0) is 37.5 Å².